The molecule has 1 aromatic carbocycles. The van der Waals surface area contributed by atoms with Gasteiger partial charge in [-0.25, -0.2) is 24.6 Å². The van der Waals surface area contributed by atoms with Crippen LogP contribution in [0, 0.1) is 0 Å². The van der Waals surface area contributed by atoms with E-state index in [9.17, 15) is 13.2 Å². The summed E-state index contributed by atoms with van der Waals surface area (Å²) in [6, 6.07) is 7.75. The molecule has 0 spiro atoms. The molecule has 3 N–H and O–H groups in total. The van der Waals surface area contributed by atoms with E-state index in [1.165, 1.54) is 19.6 Å². The van der Waals surface area contributed by atoms with Crippen molar-refractivity contribution in [2.45, 2.75) is 38.4 Å². The third-order valence-corrected chi connectivity index (χ3v) is 5.94. The molecule has 10 nitrogen and oxygen atoms in total. The van der Waals surface area contributed by atoms with Gasteiger partial charge in [0.1, 0.15) is 11.9 Å². The third-order valence-electron chi connectivity index (χ3n) is 5.94. The molecule has 1 aliphatic carbocycles. The molecule has 1 aliphatic rings. The van der Waals surface area contributed by atoms with Gasteiger partial charge in [0, 0.05) is 18.5 Å². The van der Waals surface area contributed by atoms with Crippen LogP contribution in [0.3, 0.4) is 0 Å². The van der Waals surface area contributed by atoms with Gasteiger partial charge in [-0.2, -0.15) is 18.3 Å². The summed E-state index contributed by atoms with van der Waals surface area (Å²) in [5, 5.41) is 6.88. The number of hydrogen-bond donors (Lipinski definition) is 2. The smallest absolute Gasteiger partial charge is 0.435 e. The Kier molecular flexibility index (Phi) is 6.74. The fourth-order valence-electron chi connectivity index (χ4n) is 3.95. The summed E-state index contributed by atoms with van der Waals surface area (Å²) in [5.41, 5.74) is 8.23. The van der Waals surface area contributed by atoms with E-state index in [0.717, 1.165) is 34.8 Å². The molecule has 0 unspecified atom stereocenters. The zero-order valence-electron chi connectivity index (χ0n) is 20.7. The Morgan fingerprint density at radius 3 is 2.55 bits per heavy atom. The Balaban J connectivity index is 1.36. The molecule has 5 rings (SSSR count). The average Bonchev–Trinajstić information content (AvgIpc) is 3.67. The Hall–Kier alpha value is -4.42. The van der Waals surface area contributed by atoms with Crippen molar-refractivity contribution >= 4 is 11.5 Å². The monoisotopic (exact) mass is 526 g/mol. The summed E-state index contributed by atoms with van der Waals surface area (Å²) in [6.07, 6.45) is 0.478. The van der Waals surface area contributed by atoms with Gasteiger partial charge in [-0.3, -0.25) is 0 Å². The normalized spacial score (nSPS) is 13.4. The Labute approximate surface area is 216 Å². The zero-order chi connectivity index (χ0) is 26.9. The quantitative estimate of drug-likeness (QED) is 0.321. The summed E-state index contributed by atoms with van der Waals surface area (Å²) >= 11 is 0. The standard InChI is InChI=1S/C25H25F3N8O2/c1-3-38-19-10-18(25(26,27)28)35-36(19)16-8-4-14(5-9-16)11-30-22-17(29)12-31-23(34-22)20-21(15-6-7-15)32-13-33-24(20)37-2/h4-5,8-10,12-13,15H,3,6-7,11,29H2,1-2H3,(H,30,31,34). The number of hydrogen-bond acceptors (Lipinski definition) is 9. The number of rotatable bonds is 9. The number of benzene rings is 1. The maximum absolute atomic E-state index is 13.2. The van der Waals surface area contributed by atoms with E-state index in [2.05, 4.69) is 30.4 Å². The van der Waals surface area contributed by atoms with Gasteiger partial charge in [0.15, 0.2) is 17.3 Å². The number of nitrogens with one attached hydrogen (secondary N) is 1. The molecule has 1 saturated carbocycles. The van der Waals surface area contributed by atoms with Crippen LogP contribution in [0.15, 0.2) is 42.9 Å². The maximum atomic E-state index is 13.2. The number of ether oxygens (including phenoxy) is 2. The highest BCUT2D eigenvalue weighted by molar-refractivity contribution is 5.70. The van der Waals surface area contributed by atoms with Crippen LogP contribution in [-0.2, 0) is 12.7 Å². The Bertz CT molecular complexity index is 1440. The minimum absolute atomic E-state index is 0.0119. The van der Waals surface area contributed by atoms with Crippen LogP contribution in [0.2, 0.25) is 0 Å². The molecular formula is C25H25F3N8O2. The van der Waals surface area contributed by atoms with Crippen LogP contribution >= 0.6 is 0 Å². The molecule has 1 fully saturated rings. The second kappa shape index (κ2) is 10.1. The molecule has 0 radical (unpaired) electrons. The predicted molar refractivity (Wildman–Crippen MR) is 133 cm³/mol. The minimum Gasteiger partial charge on any atom is -0.480 e. The van der Waals surface area contributed by atoms with Crippen molar-refractivity contribution < 1.29 is 22.6 Å². The van der Waals surface area contributed by atoms with Gasteiger partial charge < -0.3 is 20.5 Å². The SMILES string of the molecule is CCOc1cc(C(F)(F)F)nn1-c1ccc(CNc2nc(-c3c(OC)ncnc3C3CC3)ncc2N)cc1. The molecule has 13 heteroatoms. The molecule has 0 saturated heterocycles. The summed E-state index contributed by atoms with van der Waals surface area (Å²) in [5.74, 6) is 1.55. The maximum Gasteiger partial charge on any atom is 0.435 e. The zero-order valence-corrected chi connectivity index (χ0v) is 20.7. The van der Waals surface area contributed by atoms with Crippen molar-refractivity contribution in [3.63, 3.8) is 0 Å². The molecule has 3 heterocycles. The number of alkyl halides is 3. The van der Waals surface area contributed by atoms with Gasteiger partial charge in [-0.05, 0) is 37.5 Å². The van der Waals surface area contributed by atoms with E-state index >= 15 is 0 Å². The van der Waals surface area contributed by atoms with Gasteiger partial charge in [0.2, 0.25) is 11.8 Å². The summed E-state index contributed by atoms with van der Waals surface area (Å²) in [6.45, 7) is 2.25. The van der Waals surface area contributed by atoms with Crippen molar-refractivity contribution in [1.29, 1.82) is 0 Å². The van der Waals surface area contributed by atoms with Crippen LogP contribution < -0.4 is 20.5 Å². The predicted octanol–water partition coefficient (Wildman–Crippen LogP) is 4.62. The van der Waals surface area contributed by atoms with Crippen LogP contribution in [0.4, 0.5) is 24.7 Å². The van der Waals surface area contributed by atoms with Crippen molar-refractivity contribution in [3.05, 3.63) is 59.8 Å². The summed E-state index contributed by atoms with van der Waals surface area (Å²) in [4.78, 5) is 17.7. The lowest BCUT2D eigenvalue weighted by Gasteiger charge is -2.13. The number of aromatic nitrogens is 6. The molecule has 38 heavy (non-hydrogen) atoms. The van der Waals surface area contributed by atoms with E-state index in [1.54, 1.807) is 31.2 Å². The van der Waals surface area contributed by atoms with E-state index < -0.39 is 11.9 Å². The van der Waals surface area contributed by atoms with Crippen molar-refractivity contribution in [2.24, 2.45) is 0 Å². The second-order valence-electron chi connectivity index (χ2n) is 8.65. The number of anilines is 2. The molecular weight excluding hydrogens is 501 g/mol. The lowest BCUT2D eigenvalue weighted by molar-refractivity contribution is -0.141. The number of nitrogens with zero attached hydrogens (tertiary/aromatic N) is 6. The fourth-order valence-corrected chi connectivity index (χ4v) is 3.95. The summed E-state index contributed by atoms with van der Waals surface area (Å²) < 4.78 is 51.4. The topological polar surface area (TPSA) is 126 Å². The first-order valence-electron chi connectivity index (χ1n) is 11.9. The van der Waals surface area contributed by atoms with Crippen molar-refractivity contribution in [3.8, 4) is 28.8 Å². The van der Waals surface area contributed by atoms with Gasteiger partial charge in [0.25, 0.3) is 0 Å². The first-order valence-corrected chi connectivity index (χ1v) is 11.9. The highest BCUT2D eigenvalue weighted by atomic mass is 19.4. The van der Waals surface area contributed by atoms with Gasteiger partial charge >= 0.3 is 6.18 Å². The van der Waals surface area contributed by atoms with Crippen molar-refractivity contribution in [2.75, 3.05) is 24.8 Å². The number of halogens is 3. The number of nitrogen functional groups attached to an aromatic ring is 1. The van der Waals surface area contributed by atoms with Crippen LogP contribution in [0.25, 0.3) is 17.1 Å². The fraction of sp³-hybridized carbons (Fsp3) is 0.320. The van der Waals surface area contributed by atoms with Crippen LogP contribution in [0.1, 0.15) is 42.6 Å². The van der Waals surface area contributed by atoms with Gasteiger partial charge in [-0.15, -0.1) is 0 Å². The van der Waals surface area contributed by atoms with Crippen molar-refractivity contribution in [1.82, 2.24) is 29.7 Å². The van der Waals surface area contributed by atoms with E-state index in [4.69, 9.17) is 15.2 Å². The first-order chi connectivity index (χ1) is 18.3. The molecule has 0 bridgehead atoms. The second-order valence-corrected chi connectivity index (χ2v) is 8.65. The van der Waals surface area contributed by atoms with E-state index in [1.807, 2.05) is 0 Å². The summed E-state index contributed by atoms with van der Waals surface area (Å²) in [7, 11) is 1.53. The highest BCUT2D eigenvalue weighted by Gasteiger charge is 2.35. The number of methoxy groups -OCH3 is 1. The molecule has 0 atom stereocenters. The highest BCUT2D eigenvalue weighted by Crippen LogP contribution is 2.45. The minimum atomic E-state index is -4.58. The molecule has 198 valence electrons. The van der Waals surface area contributed by atoms with Crippen LogP contribution in [-0.4, -0.2) is 43.4 Å². The first kappa shape index (κ1) is 25.2. The lowest BCUT2D eigenvalue weighted by atomic mass is 10.1. The van der Waals surface area contributed by atoms with Gasteiger partial charge in [0.05, 0.1) is 37.0 Å². The molecule has 4 aromatic rings. The Morgan fingerprint density at radius 2 is 1.89 bits per heavy atom. The molecule has 0 amide bonds. The molecule has 3 aromatic heterocycles. The lowest BCUT2D eigenvalue weighted by Crippen LogP contribution is -2.09. The average molecular weight is 527 g/mol. The largest absolute Gasteiger partial charge is 0.480 e. The van der Waals surface area contributed by atoms with E-state index in [-0.39, 0.29) is 12.5 Å². The molecule has 0 aliphatic heterocycles. The number of nitrogens with two attached hydrogens (primary N) is 1. The third kappa shape index (κ3) is 5.17. The van der Waals surface area contributed by atoms with Crippen LogP contribution in [0.5, 0.6) is 11.8 Å². The Morgan fingerprint density at radius 1 is 1.13 bits per heavy atom. The van der Waals surface area contributed by atoms with E-state index in [0.29, 0.717) is 46.9 Å². The van der Waals surface area contributed by atoms with Gasteiger partial charge in [-0.1, -0.05) is 12.1 Å².